The van der Waals surface area contributed by atoms with Crippen LogP contribution in [0.5, 0.6) is 11.5 Å². The number of para-hydroxylation sites is 1. The summed E-state index contributed by atoms with van der Waals surface area (Å²) < 4.78 is 1.65. The second kappa shape index (κ2) is 4.26. The van der Waals surface area contributed by atoms with Crippen molar-refractivity contribution in [2.24, 2.45) is 0 Å². The van der Waals surface area contributed by atoms with Crippen LogP contribution >= 0.6 is 27.3 Å². The van der Waals surface area contributed by atoms with E-state index in [9.17, 15) is 10.2 Å². The van der Waals surface area contributed by atoms with Crippen LogP contribution in [0.4, 0.5) is 0 Å². The van der Waals surface area contributed by atoms with E-state index >= 15 is 0 Å². The van der Waals surface area contributed by atoms with Gasteiger partial charge in [0.25, 0.3) is 0 Å². The van der Waals surface area contributed by atoms with Gasteiger partial charge < -0.3 is 10.2 Å². The summed E-state index contributed by atoms with van der Waals surface area (Å²) in [6, 6.07) is 10.8. The van der Waals surface area contributed by atoms with Crippen LogP contribution in [0.25, 0.3) is 20.8 Å². The smallest absolute Gasteiger partial charge is 0.132 e. The van der Waals surface area contributed by atoms with Gasteiger partial charge in [0.15, 0.2) is 0 Å². The number of halogens is 1. The Kier molecular flexibility index (Phi) is 2.72. The van der Waals surface area contributed by atoms with Crippen molar-refractivity contribution >= 4 is 37.5 Å². The molecule has 0 spiro atoms. The molecule has 18 heavy (non-hydrogen) atoms. The van der Waals surface area contributed by atoms with Gasteiger partial charge in [0.05, 0.1) is 15.8 Å². The van der Waals surface area contributed by atoms with Crippen LogP contribution in [-0.2, 0) is 0 Å². The molecule has 3 aromatic rings. The Morgan fingerprint density at radius 1 is 1.06 bits per heavy atom. The average Bonchev–Trinajstić information content (AvgIpc) is 2.70. The van der Waals surface area contributed by atoms with Crippen LogP contribution < -0.4 is 0 Å². The molecule has 1 aromatic heterocycles. The van der Waals surface area contributed by atoms with Gasteiger partial charge in [-0.25, -0.2) is 4.98 Å². The highest BCUT2D eigenvalue weighted by atomic mass is 79.9. The van der Waals surface area contributed by atoms with E-state index in [0.717, 1.165) is 10.2 Å². The molecule has 0 saturated carbocycles. The predicted molar refractivity (Wildman–Crippen MR) is 76.1 cm³/mol. The van der Waals surface area contributed by atoms with E-state index in [1.54, 1.807) is 12.1 Å². The van der Waals surface area contributed by atoms with Gasteiger partial charge in [0, 0.05) is 4.47 Å². The monoisotopic (exact) mass is 321 g/mol. The molecule has 0 radical (unpaired) electrons. The molecule has 0 aliphatic heterocycles. The van der Waals surface area contributed by atoms with E-state index in [1.165, 1.54) is 11.3 Å². The molecule has 3 nitrogen and oxygen atoms in total. The first-order valence-electron chi connectivity index (χ1n) is 5.22. The third-order valence-electron chi connectivity index (χ3n) is 2.57. The van der Waals surface area contributed by atoms with Crippen LogP contribution in [0.3, 0.4) is 0 Å². The van der Waals surface area contributed by atoms with Gasteiger partial charge in [-0.1, -0.05) is 28.1 Å². The molecule has 0 saturated heterocycles. The summed E-state index contributed by atoms with van der Waals surface area (Å²) in [4.78, 5) is 4.42. The van der Waals surface area contributed by atoms with Crippen molar-refractivity contribution < 1.29 is 10.2 Å². The minimum absolute atomic E-state index is 0.0148. The Hall–Kier alpha value is -1.59. The summed E-state index contributed by atoms with van der Waals surface area (Å²) in [6.07, 6.45) is 0. The van der Waals surface area contributed by atoms with Crippen molar-refractivity contribution in [2.75, 3.05) is 0 Å². The number of fused-ring (bicyclic) bond motifs is 1. The summed E-state index contributed by atoms with van der Waals surface area (Å²) in [7, 11) is 0. The van der Waals surface area contributed by atoms with E-state index in [2.05, 4.69) is 20.9 Å². The standard InChI is InChI=1S/C13H8BrNO2S/c14-7-5-9(16)12(10(17)6-7)13-15-8-3-1-2-4-11(8)18-13/h1-6,16-17H. The fourth-order valence-electron chi connectivity index (χ4n) is 1.78. The van der Waals surface area contributed by atoms with E-state index in [1.807, 2.05) is 24.3 Å². The third-order valence-corrected chi connectivity index (χ3v) is 4.08. The first-order valence-corrected chi connectivity index (χ1v) is 6.83. The SMILES string of the molecule is Oc1cc(Br)cc(O)c1-c1nc2ccccc2s1. The lowest BCUT2D eigenvalue weighted by Gasteiger charge is -2.04. The van der Waals surface area contributed by atoms with E-state index in [0.29, 0.717) is 15.0 Å². The highest BCUT2D eigenvalue weighted by molar-refractivity contribution is 9.10. The first-order chi connectivity index (χ1) is 8.65. The quantitative estimate of drug-likeness (QED) is 0.708. The molecule has 5 heteroatoms. The maximum atomic E-state index is 9.93. The van der Waals surface area contributed by atoms with Gasteiger partial charge in [-0.3, -0.25) is 0 Å². The molecule has 3 rings (SSSR count). The third kappa shape index (κ3) is 1.85. The zero-order chi connectivity index (χ0) is 12.7. The van der Waals surface area contributed by atoms with Gasteiger partial charge in [0.2, 0.25) is 0 Å². The van der Waals surface area contributed by atoms with Gasteiger partial charge in [-0.05, 0) is 24.3 Å². The van der Waals surface area contributed by atoms with Crippen molar-refractivity contribution in [1.82, 2.24) is 4.98 Å². The number of aromatic nitrogens is 1. The Balaban J connectivity index is 2.26. The van der Waals surface area contributed by atoms with Crippen molar-refractivity contribution in [3.8, 4) is 22.1 Å². The number of thiazole rings is 1. The number of phenolic OH excluding ortho intramolecular Hbond substituents is 2. The molecule has 0 atom stereocenters. The highest BCUT2D eigenvalue weighted by Crippen LogP contribution is 2.42. The van der Waals surface area contributed by atoms with Crippen LogP contribution in [0.2, 0.25) is 0 Å². The molecule has 0 amide bonds. The lowest BCUT2D eigenvalue weighted by molar-refractivity contribution is 0.453. The Morgan fingerprint density at radius 3 is 2.39 bits per heavy atom. The minimum atomic E-state index is 0.0148. The number of nitrogens with zero attached hydrogens (tertiary/aromatic N) is 1. The summed E-state index contributed by atoms with van der Waals surface area (Å²) in [5.74, 6) is 0.0295. The van der Waals surface area contributed by atoms with E-state index < -0.39 is 0 Å². The van der Waals surface area contributed by atoms with Gasteiger partial charge >= 0.3 is 0 Å². The first kappa shape index (κ1) is 11.5. The molecule has 2 aromatic carbocycles. The Morgan fingerprint density at radius 2 is 1.72 bits per heavy atom. The Labute approximate surface area is 115 Å². The van der Waals surface area contributed by atoms with Gasteiger partial charge in [-0.15, -0.1) is 11.3 Å². The van der Waals surface area contributed by atoms with Crippen molar-refractivity contribution in [3.63, 3.8) is 0 Å². The molecular formula is C13H8BrNO2S. The number of benzene rings is 2. The van der Waals surface area contributed by atoms with Crippen LogP contribution in [-0.4, -0.2) is 15.2 Å². The summed E-state index contributed by atoms with van der Waals surface area (Å²) in [6.45, 7) is 0. The number of hydrogen-bond donors (Lipinski definition) is 2. The summed E-state index contributed by atoms with van der Waals surface area (Å²) >= 11 is 4.66. The summed E-state index contributed by atoms with van der Waals surface area (Å²) in [5, 5.41) is 20.5. The number of phenols is 2. The van der Waals surface area contributed by atoms with Crippen molar-refractivity contribution in [1.29, 1.82) is 0 Å². The molecule has 90 valence electrons. The maximum absolute atomic E-state index is 9.93. The van der Waals surface area contributed by atoms with E-state index in [-0.39, 0.29) is 11.5 Å². The second-order valence-corrected chi connectivity index (χ2v) is 5.75. The molecule has 2 N–H and O–H groups in total. The highest BCUT2D eigenvalue weighted by Gasteiger charge is 2.15. The maximum Gasteiger partial charge on any atom is 0.132 e. The molecule has 0 aliphatic carbocycles. The van der Waals surface area contributed by atoms with Crippen LogP contribution in [0.15, 0.2) is 40.9 Å². The minimum Gasteiger partial charge on any atom is -0.507 e. The zero-order valence-electron chi connectivity index (χ0n) is 9.09. The number of aromatic hydroxyl groups is 2. The normalized spacial score (nSPS) is 10.9. The molecule has 0 fully saturated rings. The van der Waals surface area contributed by atoms with Crippen LogP contribution in [0, 0.1) is 0 Å². The van der Waals surface area contributed by atoms with E-state index in [4.69, 9.17) is 0 Å². The Bertz CT molecular complexity index is 683. The van der Waals surface area contributed by atoms with Gasteiger partial charge in [-0.2, -0.15) is 0 Å². The molecule has 0 bridgehead atoms. The predicted octanol–water partition coefficient (Wildman–Crippen LogP) is 4.14. The van der Waals surface area contributed by atoms with Crippen LogP contribution in [0.1, 0.15) is 0 Å². The average molecular weight is 322 g/mol. The zero-order valence-corrected chi connectivity index (χ0v) is 11.5. The molecule has 1 heterocycles. The molecule has 0 aliphatic rings. The summed E-state index contributed by atoms with van der Waals surface area (Å²) in [5.41, 5.74) is 1.23. The number of hydrogen-bond acceptors (Lipinski definition) is 4. The largest absolute Gasteiger partial charge is 0.507 e. The fourth-order valence-corrected chi connectivity index (χ4v) is 3.24. The lowest BCUT2D eigenvalue weighted by Crippen LogP contribution is -1.80. The number of rotatable bonds is 1. The topological polar surface area (TPSA) is 53.4 Å². The van der Waals surface area contributed by atoms with Crippen molar-refractivity contribution in [3.05, 3.63) is 40.9 Å². The van der Waals surface area contributed by atoms with Gasteiger partial charge in [0.1, 0.15) is 16.5 Å². The second-order valence-electron chi connectivity index (χ2n) is 3.81. The molecule has 0 unspecified atom stereocenters. The molecular weight excluding hydrogens is 314 g/mol. The fraction of sp³-hybridized carbons (Fsp3) is 0. The van der Waals surface area contributed by atoms with Crippen molar-refractivity contribution in [2.45, 2.75) is 0 Å². The lowest BCUT2D eigenvalue weighted by atomic mass is 10.2.